The summed E-state index contributed by atoms with van der Waals surface area (Å²) in [5.41, 5.74) is -0.607. The van der Waals surface area contributed by atoms with Gasteiger partial charge < -0.3 is 10.0 Å². The second kappa shape index (κ2) is 6.01. The number of hydrogen-bond acceptors (Lipinski definition) is 4. The lowest BCUT2D eigenvalue weighted by Gasteiger charge is -2.39. The fraction of sp³-hybridized carbons (Fsp3) is 0.857. The average Bonchev–Trinajstić information content (AvgIpc) is 2.77. The van der Waals surface area contributed by atoms with Crippen molar-refractivity contribution in [2.45, 2.75) is 64.6 Å². The van der Waals surface area contributed by atoms with Gasteiger partial charge in [0.05, 0.1) is 5.60 Å². The van der Waals surface area contributed by atoms with Crippen LogP contribution in [0.4, 0.5) is 0 Å². The summed E-state index contributed by atoms with van der Waals surface area (Å²) in [4.78, 5) is 6.73. The van der Waals surface area contributed by atoms with E-state index in [1.165, 1.54) is 0 Å². The van der Waals surface area contributed by atoms with Gasteiger partial charge in [-0.3, -0.25) is 4.68 Å². The van der Waals surface area contributed by atoms with Gasteiger partial charge in [0, 0.05) is 32.1 Å². The molecule has 0 spiro atoms. The van der Waals surface area contributed by atoms with Crippen LogP contribution in [0.2, 0.25) is 0 Å². The van der Waals surface area contributed by atoms with Crippen molar-refractivity contribution in [3.05, 3.63) is 12.2 Å². The first-order valence-electron chi connectivity index (χ1n) is 7.37. The quantitative estimate of drug-likeness (QED) is 0.877. The molecule has 2 heterocycles. The van der Waals surface area contributed by atoms with Gasteiger partial charge in [0.1, 0.15) is 12.2 Å². The van der Waals surface area contributed by atoms with Crippen molar-refractivity contribution >= 4 is 0 Å². The van der Waals surface area contributed by atoms with E-state index in [0.717, 1.165) is 44.7 Å². The number of likely N-dealkylation sites (tertiary alicyclic amines) is 1. The number of nitrogens with zero attached hydrogens (tertiary/aromatic N) is 4. The maximum Gasteiger partial charge on any atom is 0.138 e. The van der Waals surface area contributed by atoms with Gasteiger partial charge in [-0.05, 0) is 33.1 Å². The SMILES string of the molecule is CCCn1ncnc1CC1(O)CCN(C(C)C)CC1. The molecule has 0 aliphatic carbocycles. The molecule has 0 saturated carbocycles. The van der Waals surface area contributed by atoms with Crippen LogP contribution >= 0.6 is 0 Å². The van der Waals surface area contributed by atoms with E-state index in [-0.39, 0.29) is 0 Å². The zero-order valence-corrected chi connectivity index (χ0v) is 12.3. The molecule has 1 aliphatic heterocycles. The molecule has 2 rings (SSSR count). The highest BCUT2D eigenvalue weighted by Gasteiger charge is 2.34. The Morgan fingerprint density at radius 3 is 2.63 bits per heavy atom. The monoisotopic (exact) mass is 266 g/mol. The molecule has 1 fully saturated rings. The Hall–Kier alpha value is -0.940. The number of rotatable bonds is 5. The summed E-state index contributed by atoms with van der Waals surface area (Å²) in [6, 6.07) is 0.563. The number of hydrogen-bond donors (Lipinski definition) is 1. The minimum Gasteiger partial charge on any atom is -0.389 e. The molecule has 0 amide bonds. The lowest BCUT2D eigenvalue weighted by atomic mass is 9.87. The molecule has 5 nitrogen and oxygen atoms in total. The van der Waals surface area contributed by atoms with Gasteiger partial charge in [0.15, 0.2) is 0 Å². The third-order valence-electron chi connectivity index (χ3n) is 4.08. The lowest BCUT2D eigenvalue weighted by molar-refractivity contribution is -0.0291. The van der Waals surface area contributed by atoms with Crippen LogP contribution in [-0.4, -0.2) is 49.5 Å². The minimum atomic E-state index is -0.607. The molecule has 19 heavy (non-hydrogen) atoms. The summed E-state index contributed by atoms with van der Waals surface area (Å²) in [5.74, 6) is 0.919. The third kappa shape index (κ3) is 3.54. The summed E-state index contributed by atoms with van der Waals surface area (Å²) in [7, 11) is 0. The van der Waals surface area contributed by atoms with E-state index in [1.54, 1.807) is 6.33 Å². The second-order valence-corrected chi connectivity index (χ2v) is 5.93. The van der Waals surface area contributed by atoms with Gasteiger partial charge in [0.2, 0.25) is 0 Å². The Bertz CT molecular complexity index is 394. The third-order valence-corrected chi connectivity index (χ3v) is 4.08. The Morgan fingerprint density at radius 2 is 2.05 bits per heavy atom. The van der Waals surface area contributed by atoms with E-state index >= 15 is 0 Å². The Kier molecular flexibility index (Phi) is 4.58. The summed E-state index contributed by atoms with van der Waals surface area (Å²) in [5, 5.41) is 15.0. The molecule has 0 aromatic carbocycles. The van der Waals surface area contributed by atoms with Crippen LogP contribution in [0.1, 0.15) is 45.9 Å². The number of piperidine rings is 1. The standard InChI is InChI=1S/C14H26N4O/c1-4-7-18-13(15-11-16-18)10-14(19)5-8-17(9-6-14)12(2)3/h11-12,19H,4-10H2,1-3H3. The predicted octanol–water partition coefficient (Wildman–Crippen LogP) is 1.47. The van der Waals surface area contributed by atoms with Crippen molar-refractivity contribution in [1.29, 1.82) is 0 Å². The summed E-state index contributed by atoms with van der Waals surface area (Å²) >= 11 is 0. The Labute approximate surface area is 115 Å². The molecule has 1 aromatic heterocycles. The Morgan fingerprint density at radius 1 is 1.37 bits per heavy atom. The minimum absolute atomic E-state index is 0.563. The van der Waals surface area contributed by atoms with Gasteiger partial charge in [-0.2, -0.15) is 5.10 Å². The van der Waals surface area contributed by atoms with E-state index in [1.807, 2.05) is 4.68 Å². The van der Waals surface area contributed by atoms with E-state index in [2.05, 4.69) is 35.8 Å². The van der Waals surface area contributed by atoms with Crippen LogP contribution in [0.3, 0.4) is 0 Å². The van der Waals surface area contributed by atoms with Crippen molar-refractivity contribution in [1.82, 2.24) is 19.7 Å². The number of aliphatic hydroxyl groups is 1. The van der Waals surface area contributed by atoms with E-state index < -0.39 is 5.60 Å². The smallest absolute Gasteiger partial charge is 0.138 e. The number of aryl methyl sites for hydroxylation is 1. The average molecular weight is 266 g/mol. The topological polar surface area (TPSA) is 54.2 Å². The zero-order chi connectivity index (χ0) is 13.9. The van der Waals surface area contributed by atoms with Gasteiger partial charge in [-0.25, -0.2) is 4.98 Å². The summed E-state index contributed by atoms with van der Waals surface area (Å²) in [6.45, 7) is 9.36. The molecular formula is C14H26N4O. The predicted molar refractivity (Wildman–Crippen MR) is 74.9 cm³/mol. The van der Waals surface area contributed by atoms with Gasteiger partial charge in [0.25, 0.3) is 0 Å². The maximum absolute atomic E-state index is 10.7. The fourth-order valence-electron chi connectivity index (χ4n) is 2.75. The van der Waals surface area contributed by atoms with Crippen LogP contribution in [0, 0.1) is 0 Å². The highest BCUT2D eigenvalue weighted by molar-refractivity contribution is 4.97. The highest BCUT2D eigenvalue weighted by Crippen LogP contribution is 2.26. The molecule has 1 N–H and O–H groups in total. The largest absolute Gasteiger partial charge is 0.389 e. The molecule has 0 atom stereocenters. The molecule has 0 radical (unpaired) electrons. The van der Waals surface area contributed by atoms with Crippen LogP contribution in [0.5, 0.6) is 0 Å². The molecule has 0 unspecified atom stereocenters. The van der Waals surface area contributed by atoms with Gasteiger partial charge in [-0.1, -0.05) is 6.92 Å². The van der Waals surface area contributed by atoms with Gasteiger partial charge in [-0.15, -0.1) is 0 Å². The van der Waals surface area contributed by atoms with E-state index in [0.29, 0.717) is 12.5 Å². The van der Waals surface area contributed by atoms with Crippen molar-refractivity contribution in [3.8, 4) is 0 Å². The molecule has 5 heteroatoms. The first-order chi connectivity index (χ1) is 9.04. The summed E-state index contributed by atoms with van der Waals surface area (Å²) < 4.78 is 1.92. The van der Waals surface area contributed by atoms with Crippen molar-refractivity contribution < 1.29 is 5.11 Å². The van der Waals surface area contributed by atoms with Crippen LogP contribution in [0.25, 0.3) is 0 Å². The van der Waals surface area contributed by atoms with Crippen molar-refractivity contribution in [2.24, 2.45) is 0 Å². The second-order valence-electron chi connectivity index (χ2n) is 5.93. The van der Waals surface area contributed by atoms with Crippen LogP contribution in [0.15, 0.2) is 6.33 Å². The summed E-state index contributed by atoms with van der Waals surface area (Å²) in [6.07, 6.45) is 4.90. The normalized spacial score (nSPS) is 20.1. The van der Waals surface area contributed by atoms with E-state index in [9.17, 15) is 5.11 Å². The molecule has 1 aliphatic rings. The Balaban J connectivity index is 1.97. The number of aromatic nitrogens is 3. The molecule has 0 bridgehead atoms. The van der Waals surface area contributed by atoms with Crippen LogP contribution < -0.4 is 0 Å². The zero-order valence-electron chi connectivity index (χ0n) is 12.3. The molecular weight excluding hydrogens is 240 g/mol. The van der Waals surface area contributed by atoms with Crippen molar-refractivity contribution in [3.63, 3.8) is 0 Å². The van der Waals surface area contributed by atoms with E-state index in [4.69, 9.17) is 0 Å². The van der Waals surface area contributed by atoms with Crippen LogP contribution in [-0.2, 0) is 13.0 Å². The van der Waals surface area contributed by atoms with Crippen molar-refractivity contribution in [2.75, 3.05) is 13.1 Å². The molecule has 1 saturated heterocycles. The first-order valence-corrected chi connectivity index (χ1v) is 7.37. The molecule has 1 aromatic rings. The molecule has 108 valence electrons. The van der Waals surface area contributed by atoms with Gasteiger partial charge >= 0.3 is 0 Å². The highest BCUT2D eigenvalue weighted by atomic mass is 16.3. The fourth-order valence-corrected chi connectivity index (χ4v) is 2.75. The first kappa shape index (κ1) is 14.5. The lowest BCUT2D eigenvalue weighted by Crippen LogP contribution is -2.48. The maximum atomic E-state index is 10.7.